The molecule has 0 aliphatic heterocycles. The van der Waals surface area contributed by atoms with Crippen molar-refractivity contribution >= 4 is 29.5 Å². The Morgan fingerprint density at radius 3 is 2.32 bits per heavy atom. The van der Waals surface area contributed by atoms with Gasteiger partial charge in [0, 0.05) is 23.6 Å². The van der Waals surface area contributed by atoms with Crippen molar-refractivity contribution in [1.29, 1.82) is 0 Å². The largest absolute Gasteiger partial charge is 0.344 e. The molecule has 1 atom stereocenters. The maximum absolute atomic E-state index is 13.0. The van der Waals surface area contributed by atoms with E-state index in [0.29, 0.717) is 17.7 Å². The topological polar surface area (TPSA) is 108 Å². The lowest BCUT2D eigenvalue weighted by atomic mass is 10.0. The number of rotatable bonds is 8. The smallest absolute Gasteiger partial charge is 0.270 e. The minimum Gasteiger partial charge on any atom is -0.344 e. The fourth-order valence-electron chi connectivity index (χ4n) is 2.89. The van der Waals surface area contributed by atoms with Crippen LogP contribution in [0.5, 0.6) is 0 Å². The lowest BCUT2D eigenvalue weighted by Crippen LogP contribution is -2.46. The van der Waals surface area contributed by atoms with E-state index < -0.39 is 11.9 Å². The van der Waals surface area contributed by atoms with E-state index in [2.05, 4.69) is 10.6 Å². The molecule has 4 N–H and O–H groups in total. The molecule has 3 amide bonds. The summed E-state index contributed by atoms with van der Waals surface area (Å²) in [5, 5.41) is 14.5. The summed E-state index contributed by atoms with van der Waals surface area (Å²) >= 11 is 0. The summed E-state index contributed by atoms with van der Waals surface area (Å²) in [7, 11) is 0. The van der Waals surface area contributed by atoms with Crippen LogP contribution in [0.25, 0.3) is 6.08 Å². The SMILES string of the molecule is C/C(=C\c1cc(NC(=O)[C@H](Cc2ccccc2)NC(=O)C(C)C)ccc1C)C(=O)NO. The number of carbonyl (C=O) groups excluding carboxylic acids is 3. The number of hydrogen-bond donors (Lipinski definition) is 4. The molecule has 2 aromatic rings. The third-order valence-electron chi connectivity index (χ3n) is 4.82. The van der Waals surface area contributed by atoms with Crippen LogP contribution in [0.4, 0.5) is 5.69 Å². The highest BCUT2D eigenvalue weighted by Crippen LogP contribution is 2.19. The molecule has 0 saturated heterocycles. The maximum atomic E-state index is 13.0. The number of anilines is 1. The van der Waals surface area contributed by atoms with Crippen LogP contribution < -0.4 is 16.1 Å². The molecule has 0 aliphatic rings. The van der Waals surface area contributed by atoms with Gasteiger partial charge in [-0.15, -0.1) is 0 Å². The molecule has 0 fully saturated rings. The van der Waals surface area contributed by atoms with Gasteiger partial charge < -0.3 is 10.6 Å². The lowest BCUT2D eigenvalue weighted by molar-refractivity contribution is -0.128. The van der Waals surface area contributed by atoms with E-state index in [0.717, 1.165) is 16.7 Å². The Balaban J connectivity index is 2.24. The van der Waals surface area contributed by atoms with Crippen LogP contribution in [0.1, 0.15) is 37.5 Å². The molecule has 0 bridgehead atoms. The van der Waals surface area contributed by atoms with Gasteiger partial charge in [-0.25, -0.2) is 5.48 Å². The van der Waals surface area contributed by atoms with E-state index in [1.165, 1.54) is 0 Å². The Morgan fingerprint density at radius 1 is 1.03 bits per heavy atom. The molecule has 164 valence electrons. The summed E-state index contributed by atoms with van der Waals surface area (Å²) in [5.41, 5.74) is 5.02. The summed E-state index contributed by atoms with van der Waals surface area (Å²) in [5.74, 6) is -1.38. The molecule has 7 heteroatoms. The fourth-order valence-corrected chi connectivity index (χ4v) is 2.89. The normalized spacial score (nSPS) is 12.3. The highest BCUT2D eigenvalue weighted by Gasteiger charge is 2.22. The van der Waals surface area contributed by atoms with Crippen LogP contribution in [0.3, 0.4) is 0 Å². The van der Waals surface area contributed by atoms with Crippen molar-refractivity contribution in [3.05, 3.63) is 70.8 Å². The molecular formula is C24H29N3O4. The lowest BCUT2D eigenvalue weighted by Gasteiger charge is -2.20. The molecule has 0 unspecified atom stereocenters. The number of benzene rings is 2. The first-order valence-corrected chi connectivity index (χ1v) is 10.1. The Hall–Kier alpha value is -3.45. The molecular weight excluding hydrogens is 394 g/mol. The molecule has 2 rings (SSSR count). The Morgan fingerprint density at radius 2 is 1.71 bits per heavy atom. The Bertz CT molecular complexity index is 968. The van der Waals surface area contributed by atoms with Crippen LogP contribution >= 0.6 is 0 Å². The summed E-state index contributed by atoms with van der Waals surface area (Å²) < 4.78 is 0. The van der Waals surface area contributed by atoms with Crippen molar-refractivity contribution in [2.24, 2.45) is 5.92 Å². The van der Waals surface area contributed by atoms with E-state index in [-0.39, 0.29) is 17.7 Å². The minimum atomic E-state index is -0.737. The van der Waals surface area contributed by atoms with Gasteiger partial charge in [-0.3, -0.25) is 19.6 Å². The molecule has 0 heterocycles. The zero-order valence-corrected chi connectivity index (χ0v) is 18.2. The summed E-state index contributed by atoms with van der Waals surface area (Å²) in [4.78, 5) is 36.8. The standard InChI is InChI=1S/C24H29N3O4/c1-15(2)22(28)26-21(13-18-8-6-5-7-9-18)24(30)25-20-11-10-16(3)19(14-20)12-17(4)23(29)27-31/h5-12,14-15,21,31H,13H2,1-4H3,(H,25,30)(H,26,28)(H,27,29)/b17-12+/t21-/m0/s1. The second kappa shape index (κ2) is 11.1. The third-order valence-corrected chi connectivity index (χ3v) is 4.82. The van der Waals surface area contributed by atoms with Crippen LogP contribution in [0.2, 0.25) is 0 Å². The van der Waals surface area contributed by atoms with Crippen molar-refractivity contribution in [2.45, 2.75) is 40.2 Å². The summed E-state index contributed by atoms with van der Waals surface area (Å²) in [6.45, 7) is 7.00. The molecule has 31 heavy (non-hydrogen) atoms. The van der Waals surface area contributed by atoms with Gasteiger partial charge in [-0.1, -0.05) is 50.2 Å². The van der Waals surface area contributed by atoms with Gasteiger partial charge >= 0.3 is 0 Å². The zero-order valence-electron chi connectivity index (χ0n) is 18.2. The van der Waals surface area contributed by atoms with Gasteiger partial charge in [0.05, 0.1) is 0 Å². The average Bonchev–Trinajstić information content (AvgIpc) is 2.75. The first-order valence-electron chi connectivity index (χ1n) is 10.1. The van der Waals surface area contributed by atoms with Gasteiger partial charge in [0.1, 0.15) is 6.04 Å². The second-order valence-electron chi connectivity index (χ2n) is 7.73. The maximum Gasteiger partial charge on any atom is 0.270 e. The molecule has 2 aromatic carbocycles. The van der Waals surface area contributed by atoms with Crippen molar-refractivity contribution in [2.75, 3.05) is 5.32 Å². The first kappa shape index (κ1) is 23.8. The van der Waals surface area contributed by atoms with Gasteiger partial charge in [0.2, 0.25) is 11.8 Å². The highest BCUT2D eigenvalue weighted by atomic mass is 16.5. The molecule has 0 aliphatic carbocycles. The van der Waals surface area contributed by atoms with Gasteiger partial charge in [0.25, 0.3) is 5.91 Å². The number of carbonyl (C=O) groups is 3. The van der Waals surface area contributed by atoms with Crippen molar-refractivity contribution in [1.82, 2.24) is 10.8 Å². The number of hydroxylamine groups is 1. The van der Waals surface area contributed by atoms with E-state index in [4.69, 9.17) is 5.21 Å². The molecule has 7 nitrogen and oxygen atoms in total. The number of amides is 3. The Labute approximate surface area is 182 Å². The van der Waals surface area contributed by atoms with Crippen molar-refractivity contribution in [3.63, 3.8) is 0 Å². The number of nitrogens with one attached hydrogen (secondary N) is 3. The minimum absolute atomic E-state index is 0.200. The second-order valence-corrected chi connectivity index (χ2v) is 7.73. The van der Waals surface area contributed by atoms with Crippen molar-refractivity contribution < 1.29 is 19.6 Å². The molecule has 0 saturated carbocycles. The van der Waals surface area contributed by atoms with Crippen molar-refractivity contribution in [3.8, 4) is 0 Å². The monoisotopic (exact) mass is 423 g/mol. The average molecular weight is 424 g/mol. The van der Waals surface area contributed by atoms with Crippen LogP contribution in [-0.2, 0) is 20.8 Å². The predicted molar refractivity (Wildman–Crippen MR) is 120 cm³/mol. The van der Waals surface area contributed by atoms with E-state index >= 15 is 0 Å². The van der Waals surface area contributed by atoms with Crippen LogP contribution in [0, 0.1) is 12.8 Å². The fraction of sp³-hybridized carbons (Fsp3) is 0.292. The Kier molecular flexibility index (Phi) is 8.52. The molecule has 0 spiro atoms. The van der Waals surface area contributed by atoms with Crippen LogP contribution in [-0.4, -0.2) is 29.0 Å². The molecule has 0 aromatic heterocycles. The number of aryl methyl sites for hydroxylation is 1. The van der Waals surface area contributed by atoms with Gasteiger partial charge in [0.15, 0.2) is 0 Å². The zero-order chi connectivity index (χ0) is 23.0. The quantitative estimate of drug-likeness (QED) is 0.297. The van der Waals surface area contributed by atoms with Gasteiger partial charge in [-0.2, -0.15) is 0 Å². The summed E-state index contributed by atoms with van der Waals surface area (Å²) in [6.07, 6.45) is 1.98. The molecule has 0 radical (unpaired) electrons. The summed E-state index contributed by atoms with van der Waals surface area (Å²) in [6, 6.07) is 14.1. The highest BCUT2D eigenvalue weighted by molar-refractivity contribution is 5.99. The number of hydrogen-bond acceptors (Lipinski definition) is 4. The first-order chi connectivity index (χ1) is 14.7. The van der Waals surface area contributed by atoms with E-state index in [9.17, 15) is 14.4 Å². The third kappa shape index (κ3) is 7.08. The van der Waals surface area contributed by atoms with E-state index in [1.54, 1.807) is 44.5 Å². The predicted octanol–water partition coefficient (Wildman–Crippen LogP) is 3.23. The van der Waals surface area contributed by atoms with E-state index in [1.807, 2.05) is 43.3 Å². The van der Waals surface area contributed by atoms with Crippen LogP contribution in [0.15, 0.2) is 54.1 Å². The van der Waals surface area contributed by atoms with Gasteiger partial charge in [-0.05, 0) is 48.7 Å².